The Balaban J connectivity index is 1.79. The van der Waals surface area contributed by atoms with Gasteiger partial charge in [0.15, 0.2) is 0 Å². The predicted molar refractivity (Wildman–Crippen MR) is 100 cm³/mol. The second-order valence-electron chi connectivity index (χ2n) is 6.12. The molecule has 0 aliphatic heterocycles. The van der Waals surface area contributed by atoms with Gasteiger partial charge in [0.05, 0.1) is 11.4 Å². The number of benzene rings is 1. The maximum Gasteiger partial charge on any atom is 0.262 e. The number of hydrogen-bond donors (Lipinski definition) is 2. The van der Waals surface area contributed by atoms with E-state index in [9.17, 15) is 9.59 Å². The maximum absolute atomic E-state index is 12.4. The quantitative estimate of drug-likeness (QED) is 0.711. The van der Waals surface area contributed by atoms with Crippen LogP contribution in [0.5, 0.6) is 5.75 Å². The van der Waals surface area contributed by atoms with Crippen molar-refractivity contribution in [1.29, 1.82) is 0 Å². The van der Waals surface area contributed by atoms with Crippen molar-refractivity contribution in [2.24, 2.45) is 5.92 Å². The fourth-order valence-corrected chi connectivity index (χ4v) is 2.87. The van der Waals surface area contributed by atoms with Crippen LogP contribution in [0.4, 0.5) is 0 Å². The van der Waals surface area contributed by atoms with Gasteiger partial charge in [-0.2, -0.15) is 0 Å². The topological polar surface area (TPSA) is 67.4 Å². The van der Waals surface area contributed by atoms with Crippen molar-refractivity contribution in [3.05, 3.63) is 52.2 Å². The summed E-state index contributed by atoms with van der Waals surface area (Å²) in [4.78, 5) is 25.1. The second kappa shape index (κ2) is 9.22. The van der Waals surface area contributed by atoms with E-state index in [1.165, 1.54) is 16.9 Å². The van der Waals surface area contributed by atoms with E-state index in [4.69, 9.17) is 4.74 Å². The van der Waals surface area contributed by atoms with Gasteiger partial charge in [0.25, 0.3) is 5.91 Å². The Morgan fingerprint density at radius 3 is 2.48 bits per heavy atom. The molecule has 1 aromatic carbocycles. The van der Waals surface area contributed by atoms with Crippen molar-refractivity contribution in [2.75, 3.05) is 13.2 Å². The molecule has 0 radical (unpaired) electrons. The van der Waals surface area contributed by atoms with Crippen LogP contribution in [0.3, 0.4) is 0 Å². The molecule has 2 aromatic rings. The van der Waals surface area contributed by atoms with Gasteiger partial charge >= 0.3 is 0 Å². The lowest BCUT2D eigenvalue weighted by Gasteiger charge is -2.21. The molecule has 0 aliphatic rings. The molecule has 6 heteroatoms. The van der Waals surface area contributed by atoms with E-state index in [1.54, 1.807) is 6.07 Å². The number of carbonyl (C=O) groups is 2. The lowest BCUT2D eigenvalue weighted by atomic mass is 10.0. The number of ether oxygens (including phenoxy) is 1. The first-order valence-corrected chi connectivity index (χ1v) is 9.17. The van der Waals surface area contributed by atoms with Crippen molar-refractivity contribution in [3.63, 3.8) is 0 Å². The first kappa shape index (κ1) is 19.0. The zero-order chi connectivity index (χ0) is 18.2. The highest BCUT2D eigenvalue weighted by atomic mass is 32.1. The molecular weight excluding hydrogens is 336 g/mol. The second-order valence-corrected chi connectivity index (χ2v) is 7.07. The summed E-state index contributed by atoms with van der Waals surface area (Å²) in [6.45, 7) is 6.58. The third-order valence-corrected chi connectivity index (χ3v) is 4.54. The van der Waals surface area contributed by atoms with Gasteiger partial charge in [-0.25, -0.2) is 0 Å². The van der Waals surface area contributed by atoms with Gasteiger partial charge in [-0.3, -0.25) is 9.59 Å². The molecule has 25 heavy (non-hydrogen) atoms. The fraction of sp³-hybridized carbons (Fsp3) is 0.368. The van der Waals surface area contributed by atoms with Crippen molar-refractivity contribution in [1.82, 2.24) is 10.6 Å². The summed E-state index contributed by atoms with van der Waals surface area (Å²) in [5, 5.41) is 7.46. The summed E-state index contributed by atoms with van der Waals surface area (Å²) >= 11 is 1.35. The van der Waals surface area contributed by atoms with Crippen LogP contribution in [0, 0.1) is 12.8 Å². The van der Waals surface area contributed by atoms with Crippen LogP contribution < -0.4 is 15.4 Å². The Bertz CT molecular complexity index is 681. The van der Waals surface area contributed by atoms with Crippen LogP contribution in [0.15, 0.2) is 41.8 Å². The summed E-state index contributed by atoms with van der Waals surface area (Å²) in [6, 6.07) is 10.7. The summed E-state index contributed by atoms with van der Waals surface area (Å²) in [6.07, 6.45) is 0. The van der Waals surface area contributed by atoms with Gasteiger partial charge in [-0.15, -0.1) is 11.3 Å². The van der Waals surface area contributed by atoms with E-state index in [2.05, 4.69) is 10.6 Å². The van der Waals surface area contributed by atoms with Crippen LogP contribution in [0.25, 0.3) is 0 Å². The molecule has 2 amide bonds. The van der Waals surface area contributed by atoms with Crippen LogP contribution in [0.1, 0.15) is 29.1 Å². The number of aryl methyl sites for hydroxylation is 1. The first-order valence-electron chi connectivity index (χ1n) is 8.29. The van der Waals surface area contributed by atoms with Gasteiger partial charge < -0.3 is 15.4 Å². The Labute approximate surface area is 152 Å². The zero-order valence-corrected chi connectivity index (χ0v) is 15.6. The molecule has 2 N–H and O–H groups in total. The van der Waals surface area contributed by atoms with Gasteiger partial charge in [0, 0.05) is 0 Å². The minimum Gasteiger partial charge on any atom is -0.492 e. The molecule has 134 valence electrons. The highest BCUT2D eigenvalue weighted by Gasteiger charge is 2.24. The Morgan fingerprint density at radius 2 is 1.88 bits per heavy atom. The van der Waals surface area contributed by atoms with Crippen molar-refractivity contribution < 1.29 is 14.3 Å². The minimum absolute atomic E-state index is 0.0121. The Kier molecular flexibility index (Phi) is 7.01. The van der Waals surface area contributed by atoms with E-state index in [-0.39, 0.29) is 17.7 Å². The van der Waals surface area contributed by atoms with E-state index in [1.807, 2.05) is 56.5 Å². The molecular formula is C19H24N2O3S. The number of carbonyl (C=O) groups excluding carboxylic acids is 2. The van der Waals surface area contributed by atoms with Gasteiger partial charge in [0.2, 0.25) is 5.91 Å². The van der Waals surface area contributed by atoms with E-state index < -0.39 is 6.04 Å². The molecule has 1 unspecified atom stereocenters. The lowest BCUT2D eigenvalue weighted by molar-refractivity contribution is -0.124. The van der Waals surface area contributed by atoms with Gasteiger partial charge in [0.1, 0.15) is 18.4 Å². The molecule has 1 aromatic heterocycles. The molecule has 1 heterocycles. The van der Waals surface area contributed by atoms with E-state index >= 15 is 0 Å². The minimum atomic E-state index is -0.575. The van der Waals surface area contributed by atoms with Crippen LogP contribution in [-0.2, 0) is 4.79 Å². The summed E-state index contributed by atoms with van der Waals surface area (Å²) in [5.41, 5.74) is 1.17. The maximum atomic E-state index is 12.4. The van der Waals surface area contributed by atoms with E-state index in [0.717, 1.165) is 5.75 Å². The number of hydrogen-bond acceptors (Lipinski definition) is 4. The van der Waals surface area contributed by atoms with Crippen molar-refractivity contribution in [3.8, 4) is 5.75 Å². The third-order valence-electron chi connectivity index (χ3n) is 3.67. The smallest absolute Gasteiger partial charge is 0.262 e. The molecule has 2 rings (SSSR count). The molecule has 0 spiro atoms. The van der Waals surface area contributed by atoms with E-state index in [0.29, 0.717) is 18.0 Å². The lowest BCUT2D eigenvalue weighted by Crippen LogP contribution is -2.50. The van der Waals surface area contributed by atoms with Gasteiger partial charge in [-0.05, 0) is 36.4 Å². The average Bonchev–Trinajstić information content (AvgIpc) is 3.12. The highest BCUT2D eigenvalue weighted by molar-refractivity contribution is 7.12. The fourth-order valence-electron chi connectivity index (χ4n) is 2.24. The molecule has 0 aliphatic carbocycles. The molecule has 1 atom stereocenters. The third kappa shape index (κ3) is 5.90. The largest absolute Gasteiger partial charge is 0.492 e. The number of rotatable bonds is 8. The Morgan fingerprint density at radius 1 is 1.16 bits per heavy atom. The number of amides is 2. The van der Waals surface area contributed by atoms with Crippen LogP contribution >= 0.6 is 11.3 Å². The average molecular weight is 360 g/mol. The van der Waals surface area contributed by atoms with Crippen molar-refractivity contribution >= 4 is 23.2 Å². The molecule has 0 bridgehead atoms. The predicted octanol–water partition coefficient (Wildman–Crippen LogP) is 3.01. The van der Waals surface area contributed by atoms with Crippen LogP contribution in [0.2, 0.25) is 0 Å². The Hall–Kier alpha value is -2.34. The zero-order valence-electron chi connectivity index (χ0n) is 14.7. The number of nitrogens with one attached hydrogen (secondary N) is 2. The molecule has 5 nitrogen and oxygen atoms in total. The summed E-state index contributed by atoms with van der Waals surface area (Å²) in [7, 11) is 0. The number of thiophene rings is 1. The molecule has 0 fully saturated rings. The standard InChI is InChI=1S/C19H24N2O3S/c1-13(2)17(21-18(22)16-5-4-12-25-16)19(23)20-10-11-24-15-8-6-14(3)7-9-15/h4-9,12-13,17H,10-11H2,1-3H3,(H,20,23)(H,21,22). The monoisotopic (exact) mass is 360 g/mol. The molecule has 0 saturated carbocycles. The molecule has 0 saturated heterocycles. The normalized spacial score (nSPS) is 11.8. The van der Waals surface area contributed by atoms with Crippen molar-refractivity contribution in [2.45, 2.75) is 26.8 Å². The summed E-state index contributed by atoms with van der Waals surface area (Å²) < 4.78 is 5.59. The first-order chi connectivity index (χ1) is 12.0. The van der Waals surface area contributed by atoms with Crippen LogP contribution in [-0.4, -0.2) is 31.0 Å². The van der Waals surface area contributed by atoms with Gasteiger partial charge in [-0.1, -0.05) is 37.6 Å². The SMILES string of the molecule is Cc1ccc(OCCNC(=O)C(NC(=O)c2cccs2)C(C)C)cc1. The summed E-state index contributed by atoms with van der Waals surface area (Å²) in [5.74, 6) is 0.334. The highest BCUT2D eigenvalue weighted by Crippen LogP contribution is 2.11.